The monoisotopic (exact) mass is 402 g/mol. The van der Waals surface area contributed by atoms with Gasteiger partial charge in [0.2, 0.25) is 0 Å². The number of hydrogen-bond donors (Lipinski definition) is 0. The number of hydrogen-bond acceptors (Lipinski definition) is 5. The summed E-state index contributed by atoms with van der Waals surface area (Å²) in [4.78, 5) is 23.3. The van der Waals surface area contributed by atoms with Crippen molar-refractivity contribution >= 4 is 11.9 Å². The van der Waals surface area contributed by atoms with Gasteiger partial charge in [-0.15, -0.1) is 0 Å². The maximum atomic E-state index is 12.4. The fraction of sp³-hybridized carbons (Fsp3) is 0.583. The maximum Gasteiger partial charge on any atom is 0.330 e. The topological polar surface area (TPSA) is 61.8 Å². The van der Waals surface area contributed by atoms with Crippen LogP contribution < -0.4 is 9.47 Å². The van der Waals surface area contributed by atoms with E-state index in [4.69, 9.17) is 14.2 Å². The summed E-state index contributed by atoms with van der Waals surface area (Å²) >= 11 is 0. The van der Waals surface area contributed by atoms with E-state index in [1.165, 1.54) is 31.8 Å². The van der Waals surface area contributed by atoms with Gasteiger partial charge in [-0.1, -0.05) is 38.7 Å². The van der Waals surface area contributed by atoms with Gasteiger partial charge in [0.15, 0.2) is 0 Å². The summed E-state index contributed by atoms with van der Waals surface area (Å²) in [5.41, 5.74) is 0. The molecule has 0 saturated heterocycles. The number of ether oxygens (including phenoxy) is 3. The average Bonchev–Trinajstić information content (AvgIpc) is 2.76. The van der Waals surface area contributed by atoms with Crippen molar-refractivity contribution in [3.63, 3.8) is 0 Å². The minimum atomic E-state index is -0.339. The number of benzene rings is 1. The average molecular weight is 403 g/mol. The van der Waals surface area contributed by atoms with Gasteiger partial charge in [0, 0.05) is 6.08 Å². The number of methoxy groups -OCH3 is 1. The third kappa shape index (κ3) is 8.71. The number of unbranched alkanes of at least 4 members (excludes halogenated alkanes) is 4. The predicted molar refractivity (Wildman–Crippen MR) is 113 cm³/mol. The van der Waals surface area contributed by atoms with Gasteiger partial charge in [-0.25, -0.2) is 4.79 Å². The fourth-order valence-corrected chi connectivity index (χ4v) is 3.83. The number of carbonyl (C=O) groups is 2. The zero-order valence-corrected chi connectivity index (χ0v) is 17.6. The highest BCUT2D eigenvalue weighted by Crippen LogP contribution is 2.33. The van der Waals surface area contributed by atoms with Gasteiger partial charge in [0.25, 0.3) is 0 Å². The van der Waals surface area contributed by atoms with Crippen LogP contribution in [0.1, 0.15) is 64.2 Å². The van der Waals surface area contributed by atoms with Crippen molar-refractivity contribution in [1.29, 1.82) is 0 Å². The van der Waals surface area contributed by atoms with E-state index in [1.807, 2.05) is 0 Å². The van der Waals surface area contributed by atoms with E-state index in [9.17, 15) is 9.59 Å². The van der Waals surface area contributed by atoms with Crippen molar-refractivity contribution in [2.75, 3.05) is 13.7 Å². The van der Waals surface area contributed by atoms with Gasteiger partial charge in [-0.05, 0) is 62.3 Å². The first-order valence-electron chi connectivity index (χ1n) is 10.8. The first-order chi connectivity index (χ1) is 14.1. The summed E-state index contributed by atoms with van der Waals surface area (Å²) in [6.45, 7) is 3.87. The largest absolute Gasteiger partial charge is 0.497 e. The zero-order valence-electron chi connectivity index (χ0n) is 17.6. The van der Waals surface area contributed by atoms with Gasteiger partial charge in [-0.2, -0.15) is 0 Å². The van der Waals surface area contributed by atoms with Crippen LogP contribution in [0.3, 0.4) is 0 Å². The summed E-state index contributed by atoms with van der Waals surface area (Å²) < 4.78 is 15.6. The molecule has 1 aliphatic rings. The molecule has 5 heteroatoms. The Morgan fingerprint density at radius 1 is 0.966 bits per heavy atom. The molecule has 0 atom stereocenters. The normalized spacial score (nSPS) is 18.7. The molecule has 0 heterocycles. The van der Waals surface area contributed by atoms with Crippen molar-refractivity contribution < 1.29 is 23.8 Å². The highest BCUT2D eigenvalue weighted by Gasteiger charge is 2.27. The molecule has 2 rings (SSSR count). The zero-order chi connectivity index (χ0) is 20.9. The molecule has 1 fully saturated rings. The van der Waals surface area contributed by atoms with Gasteiger partial charge in [0.1, 0.15) is 11.5 Å². The molecule has 1 aliphatic carbocycles. The lowest BCUT2D eigenvalue weighted by Crippen LogP contribution is -2.25. The minimum Gasteiger partial charge on any atom is -0.497 e. The Labute approximate surface area is 174 Å². The van der Waals surface area contributed by atoms with Crippen LogP contribution in [-0.2, 0) is 14.3 Å². The van der Waals surface area contributed by atoms with Gasteiger partial charge in [-0.3, -0.25) is 4.79 Å². The molecule has 0 amide bonds. The van der Waals surface area contributed by atoms with E-state index >= 15 is 0 Å². The third-order valence-corrected chi connectivity index (χ3v) is 5.63. The number of carbonyl (C=O) groups excluding carboxylic acids is 2. The summed E-state index contributed by atoms with van der Waals surface area (Å²) in [6, 6.07) is 7.14. The Morgan fingerprint density at radius 2 is 1.59 bits per heavy atom. The lowest BCUT2D eigenvalue weighted by atomic mass is 9.80. The van der Waals surface area contributed by atoms with Crippen LogP contribution in [0.25, 0.3) is 0 Å². The van der Waals surface area contributed by atoms with Crippen molar-refractivity contribution in [1.82, 2.24) is 0 Å². The molecule has 0 aromatic heterocycles. The van der Waals surface area contributed by atoms with Crippen molar-refractivity contribution in [2.45, 2.75) is 64.2 Å². The van der Waals surface area contributed by atoms with Crippen molar-refractivity contribution in [3.8, 4) is 11.5 Å². The van der Waals surface area contributed by atoms with E-state index in [0.717, 1.165) is 50.2 Å². The molecule has 0 unspecified atom stereocenters. The second-order valence-electron chi connectivity index (χ2n) is 7.74. The first-order valence-corrected chi connectivity index (χ1v) is 10.8. The Bertz CT molecular complexity index is 629. The second-order valence-corrected chi connectivity index (χ2v) is 7.74. The molecule has 5 nitrogen and oxygen atoms in total. The summed E-state index contributed by atoms with van der Waals surface area (Å²) in [5, 5.41) is 0. The van der Waals surface area contributed by atoms with Crippen LogP contribution in [0, 0.1) is 11.8 Å². The van der Waals surface area contributed by atoms with Crippen LogP contribution >= 0.6 is 0 Å². The maximum absolute atomic E-state index is 12.4. The first kappa shape index (κ1) is 23.0. The molecule has 0 bridgehead atoms. The Morgan fingerprint density at radius 3 is 2.24 bits per heavy atom. The number of esters is 2. The molecule has 1 aromatic carbocycles. The van der Waals surface area contributed by atoms with Crippen LogP contribution in [0.15, 0.2) is 36.9 Å². The lowest BCUT2D eigenvalue weighted by molar-refractivity contribution is -0.140. The van der Waals surface area contributed by atoms with E-state index < -0.39 is 0 Å². The SMILES string of the molecule is C=CC(=O)OCCCCCCCC1CCC(C(=O)Oc2ccc(OC)cc2)CC1. The van der Waals surface area contributed by atoms with Crippen LogP contribution in [0.4, 0.5) is 0 Å². The van der Waals surface area contributed by atoms with Crippen LogP contribution in [-0.4, -0.2) is 25.7 Å². The summed E-state index contributed by atoms with van der Waals surface area (Å²) in [5.74, 6) is 1.64. The van der Waals surface area contributed by atoms with Gasteiger partial charge < -0.3 is 14.2 Å². The van der Waals surface area contributed by atoms with Gasteiger partial charge in [0.05, 0.1) is 19.6 Å². The Balaban J connectivity index is 1.52. The lowest BCUT2D eigenvalue weighted by Gasteiger charge is -2.27. The fourth-order valence-electron chi connectivity index (χ4n) is 3.83. The second kappa shape index (κ2) is 13.0. The van der Waals surface area contributed by atoms with Crippen molar-refractivity contribution in [3.05, 3.63) is 36.9 Å². The predicted octanol–water partition coefficient (Wildman–Crippen LogP) is 5.48. The molecular formula is C24H34O5. The van der Waals surface area contributed by atoms with E-state index in [0.29, 0.717) is 12.4 Å². The Hall–Kier alpha value is -2.30. The molecule has 29 heavy (non-hydrogen) atoms. The van der Waals surface area contributed by atoms with Crippen LogP contribution in [0.5, 0.6) is 11.5 Å². The van der Waals surface area contributed by atoms with E-state index in [2.05, 4.69) is 6.58 Å². The van der Waals surface area contributed by atoms with E-state index in [1.54, 1.807) is 31.4 Å². The van der Waals surface area contributed by atoms with Gasteiger partial charge >= 0.3 is 11.9 Å². The Kier molecular flexibility index (Phi) is 10.3. The quantitative estimate of drug-likeness (QED) is 0.201. The van der Waals surface area contributed by atoms with E-state index in [-0.39, 0.29) is 17.9 Å². The molecule has 0 aliphatic heterocycles. The van der Waals surface area contributed by atoms with Crippen LogP contribution in [0.2, 0.25) is 0 Å². The highest BCUT2D eigenvalue weighted by atomic mass is 16.5. The molecular weight excluding hydrogens is 368 g/mol. The smallest absolute Gasteiger partial charge is 0.330 e. The third-order valence-electron chi connectivity index (χ3n) is 5.63. The van der Waals surface area contributed by atoms with Crippen molar-refractivity contribution in [2.24, 2.45) is 11.8 Å². The molecule has 1 aromatic rings. The number of rotatable bonds is 12. The molecule has 0 radical (unpaired) electrons. The molecule has 0 N–H and O–H groups in total. The molecule has 160 valence electrons. The minimum absolute atomic E-state index is 0.0200. The molecule has 0 spiro atoms. The summed E-state index contributed by atoms with van der Waals surface area (Å²) in [7, 11) is 1.61. The highest BCUT2D eigenvalue weighted by molar-refractivity contribution is 5.81. The molecule has 1 saturated carbocycles. The summed E-state index contributed by atoms with van der Waals surface area (Å²) in [6.07, 6.45) is 12.2. The standard InChI is InChI=1S/C24H34O5/c1-3-23(25)28-18-8-6-4-5-7-9-19-10-12-20(13-11-19)24(26)29-22-16-14-21(27-2)15-17-22/h3,14-17,19-20H,1,4-13,18H2,2H3.